The zero-order valence-corrected chi connectivity index (χ0v) is 8.52. The second-order valence-corrected chi connectivity index (χ2v) is 3.73. The lowest BCUT2D eigenvalue weighted by Crippen LogP contribution is -2.22. The summed E-state index contributed by atoms with van der Waals surface area (Å²) in [7, 11) is 0. The van der Waals surface area contributed by atoms with Crippen molar-refractivity contribution in [2.45, 2.75) is 31.8 Å². The largest absolute Gasteiger partial charge is 0.337 e. The molecule has 0 radical (unpaired) electrons. The molecule has 15 heavy (non-hydrogen) atoms. The number of hydrogen-bond donors (Lipinski definition) is 0. The molecule has 3 nitrogen and oxygen atoms in total. The van der Waals surface area contributed by atoms with E-state index in [4.69, 9.17) is 9.78 Å². The molecule has 0 aliphatic heterocycles. The van der Waals surface area contributed by atoms with Crippen molar-refractivity contribution in [1.29, 1.82) is 0 Å². The average Bonchev–Trinajstić information content (AvgIpc) is 2.30. The first-order valence-corrected chi connectivity index (χ1v) is 5.24. The van der Waals surface area contributed by atoms with Gasteiger partial charge in [-0.15, -0.1) is 0 Å². The van der Waals surface area contributed by atoms with Crippen LogP contribution in [0.5, 0.6) is 5.75 Å². The molecule has 1 saturated carbocycles. The number of ketones is 1. The van der Waals surface area contributed by atoms with Crippen LogP contribution in [-0.2, 0) is 9.68 Å². The number of benzene rings is 1. The number of carbonyl (C=O) groups is 1. The standard InChI is InChI=1S/C12H14O3/c13-10-6-8-12(9-7-10)15-14-11-4-2-1-3-5-11/h1-5,12H,6-9H2. The molecule has 0 amide bonds. The van der Waals surface area contributed by atoms with Crippen LogP contribution < -0.4 is 4.89 Å². The molecule has 80 valence electrons. The number of hydrogen-bond acceptors (Lipinski definition) is 3. The second-order valence-electron chi connectivity index (χ2n) is 3.73. The van der Waals surface area contributed by atoms with Gasteiger partial charge in [0.05, 0.1) is 0 Å². The van der Waals surface area contributed by atoms with Crippen molar-refractivity contribution in [3.8, 4) is 5.75 Å². The van der Waals surface area contributed by atoms with E-state index in [1.54, 1.807) is 0 Å². The number of para-hydroxylation sites is 1. The normalized spacial score (nSPS) is 17.7. The first-order chi connectivity index (χ1) is 7.34. The van der Waals surface area contributed by atoms with E-state index in [2.05, 4.69) is 0 Å². The van der Waals surface area contributed by atoms with Crippen LogP contribution >= 0.6 is 0 Å². The van der Waals surface area contributed by atoms with E-state index < -0.39 is 0 Å². The van der Waals surface area contributed by atoms with Crippen molar-refractivity contribution in [3.63, 3.8) is 0 Å². The predicted octanol–water partition coefficient (Wildman–Crippen LogP) is 2.51. The summed E-state index contributed by atoms with van der Waals surface area (Å²) in [5.74, 6) is 1.03. The summed E-state index contributed by atoms with van der Waals surface area (Å²) in [4.78, 5) is 21.4. The molecule has 0 bridgehead atoms. The zero-order chi connectivity index (χ0) is 10.5. The minimum Gasteiger partial charge on any atom is -0.337 e. The van der Waals surface area contributed by atoms with Crippen molar-refractivity contribution >= 4 is 5.78 Å². The maximum atomic E-state index is 11.0. The Morgan fingerprint density at radius 1 is 1.07 bits per heavy atom. The topological polar surface area (TPSA) is 35.5 Å². The van der Waals surface area contributed by atoms with E-state index in [1.165, 1.54) is 0 Å². The summed E-state index contributed by atoms with van der Waals surface area (Å²) in [5, 5.41) is 0. The first-order valence-electron chi connectivity index (χ1n) is 5.24. The molecule has 0 saturated heterocycles. The third-order valence-electron chi connectivity index (χ3n) is 2.51. The monoisotopic (exact) mass is 206 g/mol. The molecule has 0 heterocycles. The molecule has 0 unspecified atom stereocenters. The minimum absolute atomic E-state index is 0.0582. The predicted molar refractivity (Wildman–Crippen MR) is 55.4 cm³/mol. The van der Waals surface area contributed by atoms with Gasteiger partial charge in [0, 0.05) is 12.8 Å². The van der Waals surface area contributed by atoms with Crippen molar-refractivity contribution in [1.82, 2.24) is 0 Å². The second kappa shape index (κ2) is 4.94. The Morgan fingerprint density at radius 3 is 2.40 bits per heavy atom. The third-order valence-corrected chi connectivity index (χ3v) is 2.51. The third kappa shape index (κ3) is 3.06. The lowest BCUT2D eigenvalue weighted by molar-refractivity contribution is -0.249. The van der Waals surface area contributed by atoms with Gasteiger partial charge in [0.25, 0.3) is 0 Å². The maximum Gasteiger partial charge on any atom is 0.165 e. The van der Waals surface area contributed by atoms with Crippen LogP contribution in [0.1, 0.15) is 25.7 Å². The number of rotatable bonds is 3. The summed E-state index contributed by atoms with van der Waals surface area (Å²) in [6.07, 6.45) is 2.83. The van der Waals surface area contributed by atoms with Gasteiger partial charge in [-0.3, -0.25) is 4.79 Å². The highest BCUT2D eigenvalue weighted by molar-refractivity contribution is 5.79. The SMILES string of the molecule is O=C1CCC(OOc2ccccc2)CC1. The van der Waals surface area contributed by atoms with Crippen molar-refractivity contribution in [2.75, 3.05) is 0 Å². The van der Waals surface area contributed by atoms with Gasteiger partial charge in [0.2, 0.25) is 0 Å². The van der Waals surface area contributed by atoms with Crippen LogP contribution in [0.2, 0.25) is 0 Å². The van der Waals surface area contributed by atoms with Crippen LogP contribution in [-0.4, -0.2) is 11.9 Å². The summed E-state index contributed by atoms with van der Waals surface area (Å²) in [6, 6.07) is 9.39. The molecule has 1 aromatic carbocycles. The smallest absolute Gasteiger partial charge is 0.165 e. The van der Waals surface area contributed by atoms with Gasteiger partial charge in [0.1, 0.15) is 11.9 Å². The van der Waals surface area contributed by atoms with E-state index in [0.29, 0.717) is 24.4 Å². The molecule has 0 atom stereocenters. The Balaban J connectivity index is 1.77. The molecule has 0 aromatic heterocycles. The van der Waals surface area contributed by atoms with Crippen LogP contribution in [0.4, 0.5) is 0 Å². The van der Waals surface area contributed by atoms with Crippen LogP contribution in [0.25, 0.3) is 0 Å². The fourth-order valence-corrected chi connectivity index (χ4v) is 1.61. The molecule has 1 aliphatic rings. The minimum atomic E-state index is 0.0582. The average molecular weight is 206 g/mol. The highest BCUT2D eigenvalue weighted by Crippen LogP contribution is 2.19. The Morgan fingerprint density at radius 2 is 1.73 bits per heavy atom. The Bertz CT molecular complexity index is 311. The molecule has 1 aliphatic carbocycles. The van der Waals surface area contributed by atoms with Crippen LogP contribution in [0, 0.1) is 0 Å². The molecule has 0 N–H and O–H groups in total. The van der Waals surface area contributed by atoms with E-state index in [9.17, 15) is 4.79 Å². The lowest BCUT2D eigenvalue weighted by atomic mass is 9.97. The molecule has 3 heteroatoms. The maximum absolute atomic E-state index is 11.0. The molecular weight excluding hydrogens is 192 g/mol. The van der Waals surface area contributed by atoms with Crippen LogP contribution in [0.3, 0.4) is 0 Å². The van der Waals surface area contributed by atoms with Crippen molar-refractivity contribution in [2.24, 2.45) is 0 Å². The molecule has 1 fully saturated rings. The molecule has 2 rings (SSSR count). The lowest BCUT2D eigenvalue weighted by Gasteiger charge is -2.19. The van der Waals surface area contributed by atoms with Gasteiger partial charge in [0.15, 0.2) is 5.75 Å². The van der Waals surface area contributed by atoms with E-state index in [1.807, 2.05) is 30.3 Å². The van der Waals surface area contributed by atoms with E-state index in [0.717, 1.165) is 12.8 Å². The Kier molecular flexibility index (Phi) is 3.35. The van der Waals surface area contributed by atoms with Crippen molar-refractivity contribution in [3.05, 3.63) is 30.3 Å². The summed E-state index contributed by atoms with van der Waals surface area (Å²) in [5.41, 5.74) is 0. The zero-order valence-electron chi connectivity index (χ0n) is 8.52. The highest BCUT2D eigenvalue weighted by Gasteiger charge is 2.20. The van der Waals surface area contributed by atoms with Gasteiger partial charge in [-0.05, 0) is 25.0 Å². The Labute approximate surface area is 88.9 Å². The highest BCUT2D eigenvalue weighted by atomic mass is 17.2. The first kappa shape index (κ1) is 10.2. The number of carbonyl (C=O) groups excluding carboxylic acids is 1. The number of Topliss-reactive ketones (excluding diaryl/α,β-unsaturated/α-hetero) is 1. The van der Waals surface area contributed by atoms with Gasteiger partial charge in [-0.25, -0.2) is 0 Å². The van der Waals surface area contributed by atoms with Gasteiger partial charge in [-0.1, -0.05) is 18.2 Å². The van der Waals surface area contributed by atoms with E-state index in [-0.39, 0.29) is 6.10 Å². The van der Waals surface area contributed by atoms with Crippen molar-refractivity contribution < 1.29 is 14.6 Å². The molecular formula is C12H14O3. The summed E-state index contributed by atoms with van der Waals surface area (Å²) in [6.45, 7) is 0. The fourth-order valence-electron chi connectivity index (χ4n) is 1.61. The van der Waals surface area contributed by atoms with E-state index >= 15 is 0 Å². The summed E-state index contributed by atoms with van der Waals surface area (Å²) >= 11 is 0. The van der Waals surface area contributed by atoms with Crippen LogP contribution in [0.15, 0.2) is 30.3 Å². The Hall–Kier alpha value is -1.35. The fraction of sp³-hybridized carbons (Fsp3) is 0.417. The van der Waals surface area contributed by atoms with Gasteiger partial charge in [-0.2, -0.15) is 4.89 Å². The van der Waals surface area contributed by atoms with Gasteiger partial charge >= 0.3 is 0 Å². The summed E-state index contributed by atoms with van der Waals surface area (Å²) < 4.78 is 0. The van der Waals surface area contributed by atoms with Gasteiger partial charge < -0.3 is 4.89 Å². The quantitative estimate of drug-likeness (QED) is 0.563. The molecule has 1 aromatic rings. The molecule has 0 spiro atoms.